The van der Waals surface area contributed by atoms with Gasteiger partial charge in [0.2, 0.25) is 11.8 Å². The Morgan fingerprint density at radius 2 is 1.91 bits per heavy atom. The number of ether oxygens (including phenoxy) is 1. The minimum atomic E-state index is -4.91. The molecule has 3 fully saturated rings. The monoisotopic (exact) mass is 478 g/mol. The van der Waals surface area contributed by atoms with Gasteiger partial charge >= 0.3 is 6.18 Å². The van der Waals surface area contributed by atoms with Crippen LogP contribution in [-0.2, 0) is 11.0 Å². The highest BCUT2D eigenvalue weighted by molar-refractivity contribution is 5.95. The Morgan fingerprint density at radius 3 is 2.59 bits per heavy atom. The lowest BCUT2D eigenvalue weighted by Crippen LogP contribution is -2.40. The molecule has 2 atom stereocenters. The second-order valence-corrected chi connectivity index (χ2v) is 8.92. The third kappa shape index (κ3) is 4.55. The largest absolute Gasteiger partial charge is 0.471 e. The Balaban J connectivity index is 1.28. The summed E-state index contributed by atoms with van der Waals surface area (Å²) in [6.45, 7) is 0.546. The molecule has 7 nitrogen and oxygen atoms in total. The number of benzene rings is 1. The molecule has 0 spiro atoms. The summed E-state index contributed by atoms with van der Waals surface area (Å²) in [5.41, 5.74) is -0.827. The first kappa shape index (κ1) is 22.5. The van der Waals surface area contributed by atoms with Crippen molar-refractivity contribution in [2.75, 3.05) is 19.6 Å². The van der Waals surface area contributed by atoms with Crippen molar-refractivity contribution in [1.82, 2.24) is 19.8 Å². The minimum Gasteiger partial charge on any atom is -0.471 e. The van der Waals surface area contributed by atoms with E-state index in [4.69, 9.17) is 4.74 Å². The number of amides is 2. The summed E-state index contributed by atoms with van der Waals surface area (Å²) in [5.74, 6) is -1.44. The number of carbonyl (C=O) groups is 2. The maximum absolute atomic E-state index is 13.6. The van der Waals surface area contributed by atoms with Crippen LogP contribution >= 0.6 is 0 Å². The summed E-state index contributed by atoms with van der Waals surface area (Å²) < 4.78 is 58.8. The van der Waals surface area contributed by atoms with Crippen LogP contribution in [0.5, 0.6) is 5.88 Å². The average molecular weight is 478 g/mol. The number of aromatic nitrogens is 2. The molecule has 3 heterocycles. The van der Waals surface area contributed by atoms with Crippen molar-refractivity contribution in [2.24, 2.45) is 0 Å². The van der Waals surface area contributed by atoms with Gasteiger partial charge in [-0.3, -0.25) is 14.6 Å². The molecule has 0 radical (unpaired) electrons. The Labute approximate surface area is 192 Å². The molecule has 2 amide bonds. The number of fused-ring (bicyclic) bond motifs is 1. The lowest BCUT2D eigenvalue weighted by Gasteiger charge is -2.25. The highest BCUT2D eigenvalue weighted by atomic mass is 19.4. The molecule has 0 N–H and O–H groups in total. The summed E-state index contributed by atoms with van der Waals surface area (Å²) in [4.78, 5) is 37.3. The fraction of sp³-hybridized carbons (Fsp3) is 0.478. The van der Waals surface area contributed by atoms with Gasteiger partial charge in [-0.15, -0.1) is 0 Å². The van der Waals surface area contributed by atoms with Gasteiger partial charge in [0, 0.05) is 37.4 Å². The zero-order valence-electron chi connectivity index (χ0n) is 18.1. The molecule has 5 rings (SSSR count). The second kappa shape index (κ2) is 8.52. The zero-order valence-corrected chi connectivity index (χ0v) is 18.1. The van der Waals surface area contributed by atoms with Crippen LogP contribution in [0.1, 0.15) is 53.2 Å². The van der Waals surface area contributed by atoms with E-state index in [2.05, 4.69) is 9.97 Å². The minimum absolute atomic E-state index is 0.0399. The van der Waals surface area contributed by atoms with Crippen molar-refractivity contribution in [3.63, 3.8) is 0 Å². The molecule has 180 valence electrons. The van der Waals surface area contributed by atoms with E-state index in [-0.39, 0.29) is 43.1 Å². The molecule has 1 aliphatic carbocycles. The standard InChI is InChI=1S/C23H22F4N4O3/c24-18-4-3-14(7-17(18)23(25,26)27)22(33)30-6-5-21(32)31-12-16(8-15(31)11-30)34-20-10-28-19(9-29-20)13-1-2-13/h3-4,7,9-10,13,15-16H,1-2,5-6,8,11-12H2/t15-,16+/m0/s1. The smallest absolute Gasteiger partial charge is 0.419 e. The van der Waals surface area contributed by atoms with Crippen LogP contribution < -0.4 is 4.74 Å². The molecular formula is C23H22F4N4O3. The molecule has 34 heavy (non-hydrogen) atoms. The molecule has 3 aliphatic rings. The normalized spacial score (nSPS) is 23.0. The summed E-state index contributed by atoms with van der Waals surface area (Å²) in [6.07, 6.45) is 0.721. The van der Waals surface area contributed by atoms with Crippen LogP contribution in [0, 0.1) is 5.82 Å². The number of hydrogen-bond donors (Lipinski definition) is 0. The Hall–Kier alpha value is -3.24. The summed E-state index contributed by atoms with van der Waals surface area (Å²) in [6, 6.07) is 1.85. The fourth-order valence-electron chi connectivity index (χ4n) is 4.55. The first-order chi connectivity index (χ1) is 16.2. The number of nitrogens with zero attached hydrogens (tertiary/aromatic N) is 4. The lowest BCUT2D eigenvalue weighted by molar-refractivity contribution is -0.140. The highest BCUT2D eigenvalue weighted by Gasteiger charge is 2.41. The average Bonchev–Trinajstić information content (AvgIpc) is 3.59. The van der Waals surface area contributed by atoms with Gasteiger partial charge < -0.3 is 14.5 Å². The molecule has 0 unspecified atom stereocenters. The topological polar surface area (TPSA) is 75.6 Å². The molecule has 2 saturated heterocycles. The first-order valence-corrected chi connectivity index (χ1v) is 11.1. The van der Waals surface area contributed by atoms with Crippen LogP contribution in [-0.4, -0.2) is 63.4 Å². The highest BCUT2D eigenvalue weighted by Crippen LogP contribution is 2.38. The summed E-state index contributed by atoms with van der Waals surface area (Å²) in [7, 11) is 0. The van der Waals surface area contributed by atoms with E-state index in [0.717, 1.165) is 24.6 Å². The molecule has 1 saturated carbocycles. The molecule has 11 heteroatoms. The molecule has 0 bridgehead atoms. The van der Waals surface area contributed by atoms with Gasteiger partial charge in [-0.1, -0.05) is 0 Å². The predicted molar refractivity (Wildman–Crippen MR) is 110 cm³/mol. The molecule has 2 aromatic rings. The lowest BCUT2D eigenvalue weighted by atomic mass is 10.1. The number of rotatable bonds is 4. The Bertz CT molecular complexity index is 1100. The van der Waals surface area contributed by atoms with Crippen molar-refractivity contribution >= 4 is 11.8 Å². The van der Waals surface area contributed by atoms with Crippen LogP contribution in [0.4, 0.5) is 17.6 Å². The van der Waals surface area contributed by atoms with Gasteiger partial charge in [-0.25, -0.2) is 9.37 Å². The molecule has 2 aliphatic heterocycles. The van der Waals surface area contributed by atoms with E-state index in [0.29, 0.717) is 36.9 Å². The maximum atomic E-state index is 13.6. The van der Waals surface area contributed by atoms with E-state index >= 15 is 0 Å². The van der Waals surface area contributed by atoms with Gasteiger partial charge in [0.25, 0.3) is 5.91 Å². The second-order valence-electron chi connectivity index (χ2n) is 8.92. The van der Waals surface area contributed by atoms with Crippen molar-refractivity contribution in [1.29, 1.82) is 0 Å². The predicted octanol–water partition coefficient (Wildman–Crippen LogP) is 3.41. The van der Waals surface area contributed by atoms with Gasteiger partial charge in [-0.2, -0.15) is 13.2 Å². The van der Waals surface area contributed by atoms with Gasteiger partial charge in [0.05, 0.1) is 36.2 Å². The number of alkyl halides is 3. The number of hydrogen-bond acceptors (Lipinski definition) is 5. The van der Waals surface area contributed by atoms with Gasteiger partial charge in [-0.05, 0) is 31.0 Å². The quantitative estimate of drug-likeness (QED) is 0.630. The number of carbonyl (C=O) groups excluding carboxylic acids is 2. The van der Waals surface area contributed by atoms with Gasteiger partial charge in [0.15, 0.2) is 0 Å². The van der Waals surface area contributed by atoms with Gasteiger partial charge in [0.1, 0.15) is 11.9 Å². The van der Waals surface area contributed by atoms with Crippen LogP contribution in [0.3, 0.4) is 0 Å². The van der Waals surface area contributed by atoms with Crippen molar-refractivity contribution in [3.05, 3.63) is 53.2 Å². The van der Waals surface area contributed by atoms with Crippen molar-refractivity contribution in [2.45, 2.75) is 49.9 Å². The molecule has 1 aromatic carbocycles. The summed E-state index contributed by atoms with van der Waals surface area (Å²) >= 11 is 0. The van der Waals surface area contributed by atoms with Crippen LogP contribution in [0.15, 0.2) is 30.6 Å². The zero-order chi connectivity index (χ0) is 24.0. The van der Waals surface area contributed by atoms with Crippen LogP contribution in [0.25, 0.3) is 0 Å². The SMILES string of the molecule is O=C(c1ccc(F)c(C(F)(F)F)c1)N1CCC(=O)N2C[C@H](Oc3cnc(C4CC4)cn3)C[C@H]2C1. The van der Waals surface area contributed by atoms with Crippen molar-refractivity contribution in [3.8, 4) is 5.88 Å². The third-order valence-corrected chi connectivity index (χ3v) is 6.46. The molecule has 1 aromatic heterocycles. The first-order valence-electron chi connectivity index (χ1n) is 11.1. The number of halogens is 4. The Morgan fingerprint density at radius 1 is 1.12 bits per heavy atom. The third-order valence-electron chi connectivity index (χ3n) is 6.46. The van der Waals surface area contributed by atoms with E-state index in [9.17, 15) is 27.2 Å². The van der Waals surface area contributed by atoms with E-state index < -0.39 is 23.5 Å². The summed E-state index contributed by atoms with van der Waals surface area (Å²) in [5, 5.41) is 0. The van der Waals surface area contributed by atoms with Crippen LogP contribution in [0.2, 0.25) is 0 Å². The maximum Gasteiger partial charge on any atom is 0.419 e. The van der Waals surface area contributed by atoms with E-state index in [1.807, 2.05) is 0 Å². The van der Waals surface area contributed by atoms with E-state index in [1.54, 1.807) is 17.3 Å². The molecular weight excluding hydrogens is 456 g/mol. The van der Waals surface area contributed by atoms with E-state index in [1.165, 1.54) is 4.90 Å². The fourth-order valence-corrected chi connectivity index (χ4v) is 4.55. The Kier molecular flexibility index (Phi) is 5.65. The van der Waals surface area contributed by atoms with Crippen molar-refractivity contribution < 1.29 is 31.9 Å².